The van der Waals surface area contributed by atoms with Gasteiger partial charge < -0.3 is 14.3 Å². The molecule has 0 aliphatic carbocycles. The van der Waals surface area contributed by atoms with E-state index in [1.165, 1.54) is 31.6 Å². The number of aromatic hydroxyl groups is 1. The van der Waals surface area contributed by atoms with Gasteiger partial charge in [0.25, 0.3) is 0 Å². The van der Waals surface area contributed by atoms with Crippen LogP contribution in [0.1, 0.15) is 0 Å². The fourth-order valence-corrected chi connectivity index (χ4v) is 2.14. The molecule has 2 aromatic carbocycles. The number of hydrogen-bond acceptors (Lipinski definition) is 4. The van der Waals surface area contributed by atoms with Gasteiger partial charge in [0.05, 0.1) is 12.7 Å². The van der Waals surface area contributed by atoms with E-state index in [4.69, 9.17) is 9.15 Å². The normalized spacial score (nSPS) is 10.8. The Morgan fingerprint density at radius 2 is 1.90 bits per heavy atom. The smallest absolute Gasteiger partial charge is 0.203 e. The molecule has 0 bridgehead atoms. The molecule has 0 spiro atoms. The highest BCUT2D eigenvalue weighted by Gasteiger charge is 2.14. The molecule has 0 fully saturated rings. The van der Waals surface area contributed by atoms with E-state index in [2.05, 4.69) is 0 Å². The number of methoxy groups -OCH3 is 1. The number of halogens is 1. The van der Waals surface area contributed by atoms with Crippen LogP contribution in [0.2, 0.25) is 0 Å². The fourth-order valence-electron chi connectivity index (χ4n) is 2.14. The summed E-state index contributed by atoms with van der Waals surface area (Å²) in [4.78, 5) is 12.4. The molecule has 0 atom stereocenters. The Balaban J connectivity index is 2.28. The van der Waals surface area contributed by atoms with Gasteiger partial charge >= 0.3 is 0 Å². The summed E-state index contributed by atoms with van der Waals surface area (Å²) in [5, 5.41) is 9.15. The number of ether oxygens (including phenoxy) is 1. The van der Waals surface area contributed by atoms with Gasteiger partial charge in [0, 0.05) is 12.1 Å². The Morgan fingerprint density at radius 3 is 2.57 bits per heavy atom. The van der Waals surface area contributed by atoms with E-state index in [0.29, 0.717) is 5.56 Å². The Morgan fingerprint density at radius 1 is 1.19 bits per heavy atom. The number of benzene rings is 2. The quantitative estimate of drug-likeness (QED) is 0.785. The molecular weight excluding hydrogens is 275 g/mol. The van der Waals surface area contributed by atoms with Crippen LogP contribution in [0.25, 0.3) is 22.1 Å². The molecule has 0 saturated heterocycles. The largest absolute Gasteiger partial charge is 0.508 e. The van der Waals surface area contributed by atoms with Gasteiger partial charge in [0.15, 0.2) is 0 Å². The number of hydrogen-bond donors (Lipinski definition) is 1. The lowest BCUT2D eigenvalue weighted by Crippen LogP contribution is -2.07. The van der Waals surface area contributed by atoms with Crippen LogP contribution in [-0.4, -0.2) is 12.2 Å². The van der Waals surface area contributed by atoms with Gasteiger partial charge in [-0.05, 0) is 17.7 Å². The van der Waals surface area contributed by atoms with E-state index < -0.39 is 11.2 Å². The summed E-state index contributed by atoms with van der Waals surface area (Å²) >= 11 is 0. The first kappa shape index (κ1) is 13.2. The average molecular weight is 286 g/mol. The third kappa shape index (κ3) is 2.23. The van der Waals surface area contributed by atoms with E-state index in [-0.39, 0.29) is 28.0 Å². The maximum absolute atomic E-state index is 14.1. The molecule has 1 heterocycles. The lowest BCUT2D eigenvalue weighted by molar-refractivity contribution is 0.411. The Bertz CT molecular complexity index is 866. The van der Waals surface area contributed by atoms with Crippen LogP contribution >= 0.6 is 0 Å². The van der Waals surface area contributed by atoms with Crippen molar-refractivity contribution in [3.05, 3.63) is 58.7 Å². The SMILES string of the molecule is COc1cc(F)c2c(=O)c(-c3ccc(O)cc3)coc2c1. The number of phenols is 1. The maximum atomic E-state index is 14.1. The van der Waals surface area contributed by atoms with Crippen molar-refractivity contribution in [2.45, 2.75) is 0 Å². The van der Waals surface area contributed by atoms with Crippen LogP contribution in [0, 0.1) is 5.82 Å². The third-order valence-corrected chi connectivity index (χ3v) is 3.22. The second-order valence-electron chi connectivity index (χ2n) is 4.51. The summed E-state index contributed by atoms with van der Waals surface area (Å²) in [7, 11) is 1.41. The predicted octanol–water partition coefficient (Wildman–Crippen LogP) is 3.31. The van der Waals surface area contributed by atoms with E-state index >= 15 is 0 Å². The molecule has 0 unspecified atom stereocenters. The second kappa shape index (κ2) is 4.94. The Labute approximate surface area is 119 Å². The zero-order valence-corrected chi connectivity index (χ0v) is 11.1. The minimum atomic E-state index is -0.696. The van der Waals surface area contributed by atoms with E-state index in [0.717, 1.165) is 6.07 Å². The molecule has 3 rings (SSSR count). The lowest BCUT2D eigenvalue weighted by Gasteiger charge is -2.06. The summed E-state index contributed by atoms with van der Waals surface area (Å²) in [6.07, 6.45) is 1.27. The van der Waals surface area contributed by atoms with Gasteiger partial charge in [-0.2, -0.15) is 0 Å². The number of fused-ring (bicyclic) bond motifs is 1. The Kier molecular flexibility index (Phi) is 3.10. The van der Waals surface area contributed by atoms with E-state index in [1.807, 2.05) is 0 Å². The molecule has 5 heteroatoms. The first-order valence-electron chi connectivity index (χ1n) is 6.18. The van der Waals surface area contributed by atoms with Crippen LogP contribution in [0.15, 0.2) is 51.9 Å². The van der Waals surface area contributed by atoms with Crippen molar-refractivity contribution < 1.29 is 18.7 Å². The maximum Gasteiger partial charge on any atom is 0.203 e. The van der Waals surface area contributed by atoms with Gasteiger partial charge in [-0.1, -0.05) is 12.1 Å². The van der Waals surface area contributed by atoms with Gasteiger partial charge in [-0.3, -0.25) is 4.79 Å². The third-order valence-electron chi connectivity index (χ3n) is 3.22. The van der Waals surface area contributed by atoms with Gasteiger partial charge in [-0.25, -0.2) is 4.39 Å². The zero-order valence-electron chi connectivity index (χ0n) is 11.1. The fraction of sp³-hybridized carbons (Fsp3) is 0.0625. The molecule has 0 amide bonds. The molecule has 4 nitrogen and oxygen atoms in total. The van der Waals surface area contributed by atoms with Crippen LogP contribution < -0.4 is 10.2 Å². The molecule has 0 aliphatic rings. The number of phenolic OH excluding ortho intramolecular Hbond substituents is 1. The molecule has 0 radical (unpaired) electrons. The summed E-state index contributed by atoms with van der Waals surface area (Å²) in [5.41, 5.74) is 0.423. The van der Waals surface area contributed by atoms with Gasteiger partial charge in [0.1, 0.15) is 34.5 Å². The van der Waals surface area contributed by atoms with Crippen LogP contribution in [0.3, 0.4) is 0 Å². The van der Waals surface area contributed by atoms with Gasteiger partial charge in [0.2, 0.25) is 5.43 Å². The molecule has 0 aliphatic heterocycles. The van der Waals surface area contributed by atoms with Gasteiger partial charge in [-0.15, -0.1) is 0 Å². The van der Waals surface area contributed by atoms with Crippen molar-refractivity contribution in [2.75, 3.05) is 7.11 Å². The van der Waals surface area contributed by atoms with E-state index in [9.17, 15) is 14.3 Å². The van der Waals surface area contributed by atoms with Crippen LogP contribution in [0.4, 0.5) is 4.39 Å². The second-order valence-corrected chi connectivity index (χ2v) is 4.51. The molecule has 106 valence electrons. The minimum absolute atomic E-state index is 0.0832. The van der Waals surface area contributed by atoms with Crippen molar-refractivity contribution in [3.8, 4) is 22.6 Å². The highest BCUT2D eigenvalue weighted by molar-refractivity contribution is 5.83. The highest BCUT2D eigenvalue weighted by atomic mass is 19.1. The van der Waals surface area contributed by atoms with Crippen molar-refractivity contribution in [1.29, 1.82) is 0 Å². The summed E-state index contributed by atoms with van der Waals surface area (Å²) < 4.78 is 24.4. The van der Waals surface area contributed by atoms with Crippen molar-refractivity contribution >= 4 is 11.0 Å². The summed E-state index contributed by atoms with van der Waals surface area (Å²) in [6.45, 7) is 0. The zero-order chi connectivity index (χ0) is 15.0. The monoisotopic (exact) mass is 286 g/mol. The van der Waals surface area contributed by atoms with Crippen molar-refractivity contribution in [2.24, 2.45) is 0 Å². The van der Waals surface area contributed by atoms with Crippen LogP contribution in [-0.2, 0) is 0 Å². The molecule has 1 N–H and O–H groups in total. The molecular formula is C16H11FO4. The first-order chi connectivity index (χ1) is 10.1. The van der Waals surface area contributed by atoms with Crippen molar-refractivity contribution in [3.63, 3.8) is 0 Å². The van der Waals surface area contributed by atoms with Crippen LogP contribution in [0.5, 0.6) is 11.5 Å². The molecule has 21 heavy (non-hydrogen) atoms. The molecule has 0 saturated carbocycles. The number of rotatable bonds is 2. The lowest BCUT2D eigenvalue weighted by atomic mass is 10.1. The molecule has 3 aromatic rings. The predicted molar refractivity (Wildman–Crippen MR) is 76.1 cm³/mol. The standard InChI is InChI=1S/C16H11FO4/c1-20-11-6-13(17)15-14(7-11)21-8-12(16(15)19)9-2-4-10(18)5-3-9/h2-8,18H,1H3. The average Bonchev–Trinajstić information content (AvgIpc) is 2.48. The highest BCUT2D eigenvalue weighted by Crippen LogP contribution is 2.26. The minimum Gasteiger partial charge on any atom is -0.508 e. The van der Waals surface area contributed by atoms with Crippen molar-refractivity contribution in [1.82, 2.24) is 0 Å². The first-order valence-corrected chi connectivity index (χ1v) is 6.18. The Hall–Kier alpha value is -2.82. The topological polar surface area (TPSA) is 59.7 Å². The summed E-state index contributed by atoms with van der Waals surface area (Å²) in [6, 6.07) is 8.62. The molecule has 1 aromatic heterocycles. The summed E-state index contributed by atoms with van der Waals surface area (Å²) in [5.74, 6) is -0.334. The van der Waals surface area contributed by atoms with E-state index in [1.54, 1.807) is 12.1 Å².